The molecule has 1 amide bonds. The zero-order valence-electron chi connectivity index (χ0n) is 17.5. The summed E-state index contributed by atoms with van der Waals surface area (Å²) in [7, 11) is 1.67. The van der Waals surface area contributed by atoms with Gasteiger partial charge in [-0.1, -0.05) is 29.8 Å². The molecule has 30 heavy (non-hydrogen) atoms. The number of aromatic nitrogens is 2. The molecule has 1 atom stereocenters. The molecular weight excluding hydrogens is 396 g/mol. The molecule has 0 spiro atoms. The Labute approximate surface area is 181 Å². The molecule has 6 nitrogen and oxygen atoms in total. The van der Waals surface area contributed by atoms with Crippen molar-refractivity contribution in [3.63, 3.8) is 0 Å². The van der Waals surface area contributed by atoms with Gasteiger partial charge in [0.25, 0.3) is 5.91 Å². The molecule has 4 rings (SSSR count). The molecule has 156 valence electrons. The molecular formula is C23H26N4O2S. The van der Waals surface area contributed by atoms with Gasteiger partial charge in [0.05, 0.1) is 7.11 Å². The fourth-order valence-electron chi connectivity index (χ4n) is 3.71. The molecule has 3 aromatic rings. The normalized spacial score (nSPS) is 16.6. The van der Waals surface area contributed by atoms with E-state index in [2.05, 4.69) is 22.3 Å². The Morgan fingerprint density at radius 3 is 2.73 bits per heavy atom. The second kappa shape index (κ2) is 8.83. The minimum absolute atomic E-state index is 0.0955. The minimum Gasteiger partial charge on any atom is -0.497 e. The number of ether oxygens (including phenoxy) is 1. The average Bonchev–Trinajstić information content (AvgIpc) is 3.22. The van der Waals surface area contributed by atoms with Crippen LogP contribution < -0.4 is 9.64 Å². The van der Waals surface area contributed by atoms with E-state index >= 15 is 0 Å². The highest BCUT2D eigenvalue weighted by molar-refractivity contribution is 7.09. The number of anilines is 1. The zero-order valence-corrected chi connectivity index (χ0v) is 18.4. The summed E-state index contributed by atoms with van der Waals surface area (Å²) in [5.74, 6) is 1.75. The van der Waals surface area contributed by atoms with Gasteiger partial charge in [-0.05, 0) is 43.7 Å². The third-order valence-electron chi connectivity index (χ3n) is 5.41. The number of nitrogens with zero attached hydrogens (tertiary/aromatic N) is 4. The molecule has 1 saturated heterocycles. The van der Waals surface area contributed by atoms with Crippen molar-refractivity contribution in [1.82, 2.24) is 14.3 Å². The summed E-state index contributed by atoms with van der Waals surface area (Å²) in [5, 5.41) is 0.919. The lowest BCUT2D eigenvalue weighted by molar-refractivity contribution is 0.0674. The van der Waals surface area contributed by atoms with E-state index < -0.39 is 0 Å². The summed E-state index contributed by atoms with van der Waals surface area (Å²) in [6.07, 6.45) is 0.676. The Balaban J connectivity index is 1.40. The molecule has 0 aliphatic carbocycles. The Hall–Kier alpha value is -2.93. The summed E-state index contributed by atoms with van der Waals surface area (Å²) in [6.45, 7) is 6.32. The van der Waals surface area contributed by atoms with Crippen LogP contribution in [0.3, 0.4) is 0 Å². The summed E-state index contributed by atoms with van der Waals surface area (Å²) in [5.41, 5.74) is 3.03. The van der Waals surface area contributed by atoms with E-state index in [1.807, 2.05) is 54.3 Å². The van der Waals surface area contributed by atoms with Gasteiger partial charge < -0.3 is 14.5 Å². The van der Waals surface area contributed by atoms with Gasteiger partial charge in [0.2, 0.25) is 5.13 Å². The number of hydrogen-bond donors (Lipinski definition) is 0. The van der Waals surface area contributed by atoms with E-state index in [0.29, 0.717) is 13.0 Å². The molecule has 2 heterocycles. The highest BCUT2D eigenvalue weighted by atomic mass is 32.1. The van der Waals surface area contributed by atoms with Crippen LogP contribution in [0.5, 0.6) is 5.75 Å². The second-order valence-electron chi connectivity index (χ2n) is 7.68. The van der Waals surface area contributed by atoms with Crippen molar-refractivity contribution < 1.29 is 9.53 Å². The van der Waals surface area contributed by atoms with Crippen molar-refractivity contribution in [3.05, 3.63) is 71.0 Å². The maximum absolute atomic E-state index is 12.9. The summed E-state index contributed by atoms with van der Waals surface area (Å²) in [6, 6.07) is 15.9. The lowest BCUT2D eigenvalue weighted by Crippen LogP contribution is -2.54. The van der Waals surface area contributed by atoms with Gasteiger partial charge in [-0.3, -0.25) is 4.79 Å². The van der Waals surface area contributed by atoms with Crippen LogP contribution >= 0.6 is 11.5 Å². The number of piperazine rings is 1. The van der Waals surface area contributed by atoms with Gasteiger partial charge in [0.15, 0.2) is 0 Å². The first-order chi connectivity index (χ1) is 14.5. The molecule has 0 N–H and O–H groups in total. The van der Waals surface area contributed by atoms with Crippen molar-refractivity contribution in [3.8, 4) is 5.75 Å². The Kier molecular flexibility index (Phi) is 5.99. The zero-order chi connectivity index (χ0) is 21.1. The van der Waals surface area contributed by atoms with Crippen LogP contribution in [-0.2, 0) is 6.42 Å². The molecule has 1 aliphatic rings. The minimum atomic E-state index is 0.0955. The number of rotatable bonds is 5. The maximum Gasteiger partial charge on any atom is 0.254 e. The number of carbonyl (C=O) groups is 1. The monoisotopic (exact) mass is 422 g/mol. The quantitative estimate of drug-likeness (QED) is 0.626. The number of amides is 1. The summed E-state index contributed by atoms with van der Waals surface area (Å²) in [4.78, 5) is 21.8. The third-order valence-corrected chi connectivity index (χ3v) is 6.23. The van der Waals surface area contributed by atoms with Crippen molar-refractivity contribution in [2.24, 2.45) is 0 Å². The van der Waals surface area contributed by atoms with E-state index in [0.717, 1.165) is 46.5 Å². The lowest BCUT2D eigenvalue weighted by Gasteiger charge is -2.39. The fourth-order valence-corrected chi connectivity index (χ4v) is 4.42. The van der Waals surface area contributed by atoms with Crippen LogP contribution in [-0.4, -0.2) is 53.0 Å². The topological polar surface area (TPSA) is 58.6 Å². The van der Waals surface area contributed by atoms with Gasteiger partial charge >= 0.3 is 0 Å². The van der Waals surface area contributed by atoms with Crippen molar-refractivity contribution in [1.29, 1.82) is 0 Å². The van der Waals surface area contributed by atoms with E-state index in [9.17, 15) is 4.79 Å². The summed E-state index contributed by atoms with van der Waals surface area (Å²) >= 11 is 1.43. The largest absolute Gasteiger partial charge is 0.497 e. The van der Waals surface area contributed by atoms with Gasteiger partial charge in [-0.2, -0.15) is 4.37 Å². The average molecular weight is 423 g/mol. The number of methoxy groups -OCH3 is 1. The van der Waals surface area contributed by atoms with Crippen molar-refractivity contribution in [2.45, 2.75) is 26.3 Å². The van der Waals surface area contributed by atoms with Crippen LogP contribution in [0.2, 0.25) is 0 Å². The SMILES string of the molecule is COc1cccc(Cc2nsc(N3CCN(C(=O)c4ccc(C)cc4)[C@@H](C)C3)n2)c1. The highest BCUT2D eigenvalue weighted by Gasteiger charge is 2.29. The molecule has 0 radical (unpaired) electrons. The van der Waals surface area contributed by atoms with E-state index in [1.165, 1.54) is 11.5 Å². The number of carbonyl (C=O) groups excluding carboxylic acids is 1. The second-order valence-corrected chi connectivity index (χ2v) is 8.41. The molecule has 1 aromatic heterocycles. The fraction of sp³-hybridized carbons (Fsp3) is 0.348. The van der Waals surface area contributed by atoms with E-state index in [4.69, 9.17) is 9.72 Å². The first kappa shape index (κ1) is 20.3. The Bertz CT molecular complexity index is 1020. The first-order valence-corrected chi connectivity index (χ1v) is 10.9. The number of benzene rings is 2. The van der Waals surface area contributed by atoms with Crippen molar-refractivity contribution >= 4 is 22.6 Å². The van der Waals surface area contributed by atoms with Crippen LogP contribution in [0.15, 0.2) is 48.5 Å². The van der Waals surface area contributed by atoms with E-state index in [1.54, 1.807) is 7.11 Å². The van der Waals surface area contributed by atoms with Crippen LogP contribution in [0, 0.1) is 6.92 Å². The van der Waals surface area contributed by atoms with Gasteiger partial charge in [-0.25, -0.2) is 4.98 Å². The van der Waals surface area contributed by atoms with Crippen molar-refractivity contribution in [2.75, 3.05) is 31.6 Å². The van der Waals surface area contributed by atoms with Gasteiger partial charge in [-0.15, -0.1) is 0 Å². The Morgan fingerprint density at radius 2 is 2.00 bits per heavy atom. The van der Waals surface area contributed by atoms with Crippen LogP contribution in [0.4, 0.5) is 5.13 Å². The van der Waals surface area contributed by atoms with Crippen LogP contribution in [0.25, 0.3) is 0 Å². The smallest absolute Gasteiger partial charge is 0.254 e. The molecule has 2 aromatic carbocycles. The third kappa shape index (κ3) is 4.46. The predicted octanol–water partition coefficient (Wildman–Crippen LogP) is 3.80. The molecule has 0 saturated carbocycles. The summed E-state index contributed by atoms with van der Waals surface area (Å²) < 4.78 is 9.84. The molecule has 7 heteroatoms. The molecule has 0 bridgehead atoms. The lowest BCUT2D eigenvalue weighted by atomic mass is 10.1. The van der Waals surface area contributed by atoms with Crippen LogP contribution in [0.1, 0.15) is 34.2 Å². The Morgan fingerprint density at radius 1 is 1.20 bits per heavy atom. The molecule has 1 fully saturated rings. The number of hydrogen-bond acceptors (Lipinski definition) is 6. The van der Waals surface area contributed by atoms with Gasteiger partial charge in [0, 0.05) is 49.2 Å². The molecule has 1 aliphatic heterocycles. The number of aryl methyl sites for hydroxylation is 1. The van der Waals surface area contributed by atoms with E-state index in [-0.39, 0.29) is 11.9 Å². The standard InChI is InChI=1S/C23H26N4O2S/c1-16-7-9-19(10-8-16)22(28)27-12-11-26(15-17(27)2)23-24-21(25-30-23)14-18-5-4-6-20(13-18)29-3/h4-10,13,17H,11-12,14-15H2,1-3H3/t17-/m0/s1. The maximum atomic E-state index is 12.9. The molecule has 0 unspecified atom stereocenters. The highest BCUT2D eigenvalue weighted by Crippen LogP contribution is 2.24. The predicted molar refractivity (Wildman–Crippen MR) is 120 cm³/mol. The van der Waals surface area contributed by atoms with Gasteiger partial charge in [0.1, 0.15) is 11.6 Å². The first-order valence-electron chi connectivity index (χ1n) is 10.1.